The summed E-state index contributed by atoms with van der Waals surface area (Å²) in [5.74, 6) is 0.344. The molecule has 0 aliphatic carbocycles. The Balaban J connectivity index is 1.94. The highest BCUT2D eigenvalue weighted by molar-refractivity contribution is 5.94. The van der Waals surface area contributed by atoms with Gasteiger partial charge in [-0.2, -0.15) is 5.26 Å². The molecule has 0 bridgehead atoms. The van der Waals surface area contributed by atoms with E-state index in [4.69, 9.17) is 10.00 Å². The molecule has 1 atom stereocenters. The first-order valence-corrected chi connectivity index (χ1v) is 7.19. The molecule has 0 saturated carbocycles. The van der Waals surface area contributed by atoms with Crippen LogP contribution in [0.3, 0.4) is 0 Å². The summed E-state index contributed by atoms with van der Waals surface area (Å²) in [5.41, 5.74) is 2.53. The summed E-state index contributed by atoms with van der Waals surface area (Å²) in [6.07, 6.45) is 0.339. The maximum absolute atomic E-state index is 12.1. The zero-order valence-corrected chi connectivity index (χ0v) is 12.7. The van der Waals surface area contributed by atoms with Crippen LogP contribution in [0.25, 0.3) is 0 Å². The van der Waals surface area contributed by atoms with E-state index in [0.29, 0.717) is 11.3 Å². The number of ether oxygens (including phenoxy) is 1. The Hall–Kier alpha value is -2.80. The molecule has 1 N–H and O–H groups in total. The third-order valence-corrected chi connectivity index (χ3v) is 3.30. The molecule has 0 aliphatic heterocycles. The molecular formula is C18H18N2O2. The Kier molecular flexibility index (Phi) is 5.16. The van der Waals surface area contributed by atoms with E-state index in [-0.39, 0.29) is 5.91 Å². The molecule has 0 fully saturated rings. The van der Waals surface area contributed by atoms with Crippen molar-refractivity contribution in [2.75, 3.05) is 5.32 Å². The maximum Gasteiger partial charge on any atom is 0.265 e. The van der Waals surface area contributed by atoms with Crippen molar-refractivity contribution in [3.63, 3.8) is 0 Å². The van der Waals surface area contributed by atoms with Crippen LogP contribution in [0.2, 0.25) is 0 Å². The molecule has 0 unspecified atom stereocenters. The molecule has 1 amide bonds. The smallest absolute Gasteiger partial charge is 0.265 e. The molecule has 4 nitrogen and oxygen atoms in total. The van der Waals surface area contributed by atoms with Gasteiger partial charge in [-0.25, -0.2) is 0 Å². The fraction of sp³-hybridized carbons (Fsp3) is 0.222. The highest BCUT2D eigenvalue weighted by Crippen LogP contribution is 2.15. The lowest BCUT2D eigenvalue weighted by atomic mass is 10.1. The Morgan fingerprint density at radius 2 is 1.82 bits per heavy atom. The van der Waals surface area contributed by atoms with Gasteiger partial charge >= 0.3 is 0 Å². The zero-order valence-electron chi connectivity index (χ0n) is 12.7. The summed E-state index contributed by atoms with van der Waals surface area (Å²) in [7, 11) is 0. The van der Waals surface area contributed by atoms with Gasteiger partial charge in [0.15, 0.2) is 6.10 Å². The summed E-state index contributed by atoms with van der Waals surface area (Å²) in [6.45, 7) is 3.77. The number of carbonyl (C=O) groups excluding carboxylic acids is 1. The molecule has 0 radical (unpaired) electrons. The number of anilines is 1. The van der Waals surface area contributed by atoms with Gasteiger partial charge in [-0.15, -0.1) is 0 Å². The number of hydrogen-bond acceptors (Lipinski definition) is 3. The summed E-state index contributed by atoms with van der Waals surface area (Å²) in [4.78, 5) is 12.1. The normalized spacial score (nSPS) is 11.3. The van der Waals surface area contributed by atoms with Crippen molar-refractivity contribution in [2.45, 2.75) is 26.4 Å². The van der Waals surface area contributed by atoms with E-state index in [0.717, 1.165) is 12.1 Å². The van der Waals surface area contributed by atoms with E-state index in [2.05, 4.69) is 12.2 Å². The van der Waals surface area contributed by atoms with E-state index in [1.165, 1.54) is 5.56 Å². The summed E-state index contributed by atoms with van der Waals surface area (Å²) in [6, 6.07) is 16.4. The van der Waals surface area contributed by atoms with Gasteiger partial charge in [0.2, 0.25) is 0 Å². The SMILES string of the molecule is CCc1ccc(NC(=O)[C@@H](C)Oc2ccc(C#N)cc2)cc1. The predicted octanol–water partition coefficient (Wildman–Crippen LogP) is 3.53. The maximum atomic E-state index is 12.1. The van der Waals surface area contributed by atoms with E-state index in [1.54, 1.807) is 31.2 Å². The topological polar surface area (TPSA) is 62.1 Å². The lowest BCUT2D eigenvalue weighted by molar-refractivity contribution is -0.122. The number of aryl methyl sites for hydroxylation is 1. The van der Waals surface area contributed by atoms with Crippen molar-refractivity contribution in [1.29, 1.82) is 5.26 Å². The standard InChI is InChI=1S/C18H18N2O2/c1-3-14-4-8-16(9-5-14)20-18(21)13(2)22-17-10-6-15(12-19)7-11-17/h4-11,13H,3H2,1-2H3,(H,20,21)/t13-/m1/s1. The molecule has 0 saturated heterocycles. The van der Waals surface area contributed by atoms with Gasteiger partial charge in [0, 0.05) is 5.69 Å². The van der Waals surface area contributed by atoms with Crippen LogP contribution in [0.15, 0.2) is 48.5 Å². The second-order valence-electron chi connectivity index (χ2n) is 4.94. The van der Waals surface area contributed by atoms with Crippen LogP contribution < -0.4 is 10.1 Å². The number of nitrogens with one attached hydrogen (secondary N) is 1. The van der Waals surface area contributed by atoms with Gasteiger partial charge in [0.25, 0.3) is 5.91 Å². The average Bonchev–Trinajstić information content (AvgIpc) is 2.56. The number of hydrogen-bond donors (Lipinski definition) is 1. The van der Waals surface area contributed by atoms with E-state index in [9.17, 15) is 4.79 Å². The monoisotopic (exact) mass is 294 g/mol. The van der Waals surface area contributed by atoms with Crippen molar-refractivity contribution in [2.24, 2.45) is 0 Å². The predicted molar refractivity (Wildman–Crippen MR) is 85.7 cm³/mol. The van der Waals surface area contributed by atoms with Crippen molar-refractivity contribution < 1.29 is 9.53 Å². The highest BCUT2D eigenvalue weighted by atomic mass is 16.5. The third-order valence-electron chi connectivity index (χ3n) is 3.30. The first kappa shape index (κ1) is 15.6. The molecular weight excluding hydrogens is 276 g/mol. The van der Waals surface area contributed by atoms with Gasteiger partial charge in [-0.3, -0.25) is 4.79 Å². The summed E-state index contributed by atoms with van der Waals surface area (Å²) >= 11 is 0. The quantitative estimate of drug-likeness (QED) is 0.917. The Labute approximate surface area is 130 Å². The van der Waals surface area contributed by atoms with Gasteiger partial charge in [-0.05, 0) is 55.3 Å². The third kappa shape index (κ3) is 4.10. The van der Waals surface area contributed by atoms with Crippen molar-refractivity contribution >= 4 is 11.6 Å². The van der Waals surface area contributed by atoms with Gasteiger partial charge in [0.1, 0.15) is 5.75 Å². The van der Waals surface area contributed by atoms with Gasteiger partial charge < -0.3 is 10.1 Å². The second-order valence-corrected chi connectivity index (χ2v) is 4.94. The van der Waals surface area contributed by atoms with Crippen molar-refractivity contribution in [1.82, 2.24) is 0 Å². The molecule has 22 heavy (non-hydrogen) atoms. The number of rotatable bonds is 5. The van der Waals surface area contributed by atoms with Crippen LogP contribution in [-0.2, 0) is 11.2 Å². The first-order valence-electron chi connectivity index (χ1n) is 7.19. The van der Waals surface area contributed by atoms with E-state index in [1.807, 2.05) is 30.3 Å². The number of carbonyl (C=O) groups is 1. The van der Waals surface area contributed by atoms with Crippen LogP contribution in [0.5, 0.6) is 5.75 Å². The zero-order chi connectivity index (χ0) is 15.9. The molecule has 2 aromatic rings. The molecule has 0 aromatic heterocycles. The number of nitriles is 1. The van der Waals surface area contributed by atoms with Gasteiger partial charge in [-0.1, -0.05) is 19.1 Å². The lowest BCUT2D eigenvalue weighted by Crippen LogP contribution is -2.30. The van der Waals surface area contributed by atoms with Crippen LogP contribution in [0, 0.1) is 11.3 Å². The molecule has 112 valence electrons. The number of amides is 1. The minimum Gasteiger partial charge on any atom is -0.481 e. The molecule has 2 aromatic carbocycles. The average molecular weight is 294 g/mol. The first-order chi connectivity index (χ1) is 10.6. The van der Waals surface area contributed by atoms with Gasteiger partial charge in [0.05, 0.1) is 11.6 Å². The Morgan fingerprint density at radius 1 is 1.18 bits per heavy atom. The van der Waals surface area contributed by atoms with E-state index < -0.39 is 6.10 Å². The van der Waals surface area contributed by atoms with Crippen molar-refractivity contribution in [3.05, 3.63) is 59.7 Å². The number of nitrogens with zero attached hydrogens (tertiary/aromatic N) is 1. The molecule has 0 spiro atoms. The van der Waals surface area contributed by atoms with E-state index >= 15 is 0 Å². The molecule has 4 heteroatoms. The van der Waals surface area contributed by atoms with Crippen LogP contribution in [-0.4, -0.2) is 12.0 Å². The minimum atomic E-state index is -0.626. The van der Waals surface area contributed by atoms with Crippen LogP contribution in [0.4, 0.5) is 5.69 Å². The Bertz CT molecular complexity index is 670. The molecule has 2 rings (SSSR count). The fourth-order valence-electron chi connectivity index (χ4n) is 1.93. The van der Waals surface area contributed by atoms with Crippen LogP contribution >= 0.6 is 0 Å². The molecule has 0 heterocycles. The second kappa shape index (κ2) is 7.28. The summed E-state index contributed by atoms with van der Waals surface area (Å²) < 4.78 is 5.57. The number of benzene rings is 2. The van der Waals surface area contributed by atoms with Crippen molar-refractivity contribution in [3.8, 4) is 11.8 Å². The highest BCUT2D eigenvalue weighted by Gasteiger charge is 2.14. The minimum absolute atomic E-state index is 0.214. The van der Waals surface area contributed by atoms with Crippen LogP contribution in [0.1, 0.15) is 25.0 Å². The Morgan fingerprint density at radius 3 is 2.36 bits per heavy atom. The fourth-order valence-corrected chi connectivity index (χ4v) is 1.93. The summed E-state index contributed by atoms with van der Waals surface area (Å²) in [5, 5.41) is 11.6. The molecule has 0 aliphatic rings. The largest absolute Gasteiger partial charge is 0.481 e. The lowest BCUT2D eigenvalue weighted by Gasteiger charge is -2.15.